The summed E-state index contributed by atoms with van der Waals surface area (Å²) in [6, 6.07) is 13.0. The highest BCUT2D eigenvalue weighted by atomic mass is 35.5. The van der Waals surface area contributed by atoms with Gasteiger partial charge in [-0.1, -0.05) is 41.9 Å². The van der Waals surface area contributed by atoms with Gasteiger partial charge in [0.1, 0.15) is 5.82 Å². The van der Waals surface area contributed by atoms with Crippen LogP contribution in [0, 0.1) is 0 Å². The number of hydrogen-bond acceptors (Lipinski definition) is 6. The first-order chi connectivity index (χ1) is 17.0. The maximum absolute atomic E-state index is 13.1. The molecule has 35 heavy (non-hydrogen) atoms. The lowest BCUT2D eigenvalue weighted by Gasteiger charge is -2.15. The predicted octanol–water partition coefficient (Wildman–Crippen LogP) is 3.45. The van der Waals surface area contributed by atoms with Crippen molar-refractivity contribution in [2.45, 2.75) is 32.0 Å². The van der Waals surface area contributed by atoms with E-state index in [9.17, 15) is 9.59 Å². The third kappa shape index (κ3) is 4.33. The first kappa shape index (κ1) is 23.2. The second-order valence-electron chi connectivity index (χ2n) is 8.38. The number of rotatable bonds is 7. The molecule has 1 saturated heterocycles. The van der Waals surface area contributed by atoms with Gasteiger partial charge in [0.05, 0.1) is 38.4 Å². The minimum atomic E-state index is -0.523. The molecule has 1 N–H and O–H groups in total. The largest absolute Gasteiger partial charge is 0.493 e. The van der Waals surface area contributed by atoms with E-state index in [4.69, 9.17) is 30.8 Å². The van der Waals surface area contributed by atoms with Crippen molar-refractivity contribution in [1.82, 2.24) is 19.1 Å². The number of benzene rings is 2. The van der Waals surface area contributed by atoms with Gasteiger partial charge in [-0.2, -0.15) is 0 Å². The fourth-order valence-electron chi connectivity index (χ4n) is 4.52. The van der Waals surface area contributed by atoms with E-state index in [1.807, 2.05) is 34.9 Å². The van der Waals surface area contributed by atoms with E-state index in [-0.39, 0.29) is 12.6 Å². The molecule has 1 fully saturated rings. The van der Waals surface area contributed by atoms with Crippen LogP contribution in [0.4, 0.5) is 0 Å². The molecule has 0 radical (unpaired) electrons. The van der Waals surface area contributed by atoms with Gasteiger partial charge < -0.3 is 18.8 Å². The van der Waals surface area contributed by atoms with Crippen molar-refractivity contribution < 1.29 is 14.2 Å². The molecule has 5 rings (SSSR count). The van der Waals surface area contributed by atoms with Crippen LogP contribution < -0.4 is 20.7 Å². The summed E-state index contributed by atoms with van der Waals surface area (Å²) < 4.78 is 20.0. The molecule has 1 atom stereocenters. The minimum absolute atomic E-state index is 0.0735. The second-order valence-corrected chi connectivity index (χ2v) is 8.79. The van der Waals surface area contributed by atoms with Crippen LogP contribution in [-0.4, -0.2) is 46.0 Å². The Morgan fingerprint density at radius 3 is 2.63 bits per heavy atom. The van der Waals surface area contributed by atoms with Gasteiger partial charge >= 0.3 is 5.69 Å². The SMILES string of the molecule is COc1cc(-c2nc3c(c(=O)[nH]c(=O)n3Cc3ccccc3)n2CC2CCCO2)cc(Cl)c1OC. The monoisotopic (exact) mass is 496 g/mol. The number of aromatic amines is 1. The number of H-pyrrole nitrogens is 1. The molecule has 182 valence electrons. The maximum atomic E-state index is 13.1. The van der Waals surface area contributed by atoms with Gasteiger partial charge in [-0.15, -0.1) is 0 Å². The highest BCUT2D eigenvalue weighted by molar-refractivity contribution is 6.32. The smallest absolute Gasteiger partial charge is 0.330 e. The summed E-state index contributed by atoms with van der Waals surface area (Å²) in [7, 11) is 3.04. The number of imidazole rings is 1. The van der Waals surface area contributed by atoms with E-state index < -0.39 is 11.2 Å². The third-order valence-electron chi connectivity index (χ3n) is 6.17. The molecule has 1 unspecified atom stereocenters. The summed E-state index contributed by atoms with van der Waals surface area (Å²) >= 11 is 6.49. The Balaban J connectivity index is 1.76. The highest BCUT2D eigenvalue weighted by Crippen LogP contribution is 2.39. The number of methoxy groups -OCH3 is 2. The van der Waals surface area contributed by atoms with Crippen molar-refractivity contribution in [1.29, 1.82) is 0 Å². The van der Waals surface area contributed by atoms with Crippen molar-refractivity contribution >= 4 is 22.8 Å². The number of aromatic nitrogens is 4. The first-order valence-electron chi connectivity index (χ1n) is 11.3. The molecule has 1 aliphatic rings. The van der Waals surface area contributed by atoms with E-state index in [0.29, 0.717) is 52.2 Å². The van der Waals surface area contributed by atoms with E-state index >= 15 is 0 Å². The highest BCUT2D eigenvalue weighted by Gasteiger charge is 2.25. The Kier molecular flexibility index (Phi) is 6.36. The maximum Gasteiger partial charge on any atom is 0.330 e. The third-order valence-corrected chi connectivity index (χ3v) is 6.45. The van der Waals surface area contributed by atoms with Crippen LogP contribution in [0.15, 0.2) is 52.1 Å². The zero-order valence-electron chi connectivity index (χ0n) is 19.4. The summed E-state index contributed by atoms with van der Waals surface area (Å²) in [6.07, 6.45) is 1.74. The van der Waals surface area contributed by atoms with E-state index in [1.54, 1.807) is 12.1 Å². The Morgan fingerprint density at radius 1 is 1.14 bits per heavy atom. The number of halogens is 1. The minimum Gasteiger partial charge on any atom is -0.493 e. The van der Waals surface area contributed by atoms with Gasteiger partial charge in [-0.3, -0.25) is 14.3 Å². The van der Waals surface area contributed by atoms with Gasteiger partial charge in [-0.25, -0.2) is 9.78 Å². The van der Waals surface area contributed by atoms with E-state index in [2.05, 4.69) is 4.98 Å². The quantitative estimate of drug-likeness (QED) is 0.420. The van der Waals surface area contributed by atoms with Crippen LogP contribution in [-0.2, 0) is 17.8 Å². The normalized spacial score (nSPS) is 15.6. The molecule has 0 spiro atoms. The second kappa shape index (κ2) is 9.59. The van der Waals surface area contributed by atoms with Gasteiger partial charge in [0.25, 0.3) is 5.56 Å². The van der Waals surface area contributed by atoms with Crippen LogP contribution in [0.2, 0.25) is 5.02 Å². The molecule has 10 heteroatoms. The molecule has 2 aromatic carbocycles. The van der Waals surface area contributed by atoms with Crippen molar-refractivity contribution in [2.24, 2.45) is 0 Å². The molecule has 0 amide bonds. The van der Waals surface area contributed by atoms with Crippen LogP contribution >= 0.6 is 11.6 Å². The molecule has 1 aliphatic heterocycles. The van der Waals surface area contributed by atoms with Crippen LogP contribution in [0.5, 0.6) is 11.5 Å². The summed E-state index contributed by atoms with van der Waals surface area (Å²) in [5.41, 5.74) is 1.10. The standard InChI is InChI=1S/C25H25ClN4O5/c1-33-19-12-16(11-18(26)21(19)34-2)22-27-23-20(29(22)14-17-9-6-10-35-17)24(31)28-25(32)30(23)13-15-7-4-3-5-8-15/h3-5,7-8,11-12,17H,6,9-10,13-14H2,1-2H3,(H,28,31,32). The summed E-state index contributed by atoms with van der Waals surface area (Å²) in [4.78, 5) is 33.2. The van der Waals surface area contributed by atoms with Crippen molar-refractivity contribution in [3.05, 3.63) is 73.9 Å². The average molecular weight is 497 g/mol. The zero-order chi connectivity index (χ0) is 24.5. The van der Waals surface area contributed by atoms with E-state index in [1.165, 1.54) is 18.8 Å². The van der Waals surface area contributed by atoms with Crippen LogP contribution in [0.1, 0.15) is 18.4 Å². The molecule has 9 nitrogen and oxygen atoms in total. The number of ether oxygens (including phenoxy) is 3. The fraction of sp³-hybridized carbons (Fsp3) is 0.320. The Hall–Kier alpha value is -3.56. The molecule has 4 aromatic rings. The van der Waals surface area contributed by atoms with Crippen LogP contribution in [0.3, 0.4) is 0 Å². The van der Waals surface area contributed by atoms with Gasteiger partial charge in [0.2, 0.25) is 0 Å². The molecule has 0 bridgehead atoms. The lowest BCUT2D eigenvalue weighted by atomic mass is 10.1. The van der Waals surface area contributed by atoms with Gasteiger partial charge in [0, 0.05) is 12.2 Å². The number of nitrogens with one attached hydrogen (secondary N) is 1. The average Bonchev–Trinajstić information content (AvgIpc) is 3.50. The Morgan fingerprint density at radius 2 is 1.94 bits per heavy atom. The van der Waals surface area contributed by atoms with Crippen LogP contribution in [0.25, 0.3) is 22.6 Å². The summed E-state index contributed by atoms with van der Waals surface area (Å²) in [6.45, 7) is 1.34. The molecular formula is C25H25ClN4O5. The fourth-order valence-corrected chi connectivity index (χ4v) is 4.81. The topological polar surface area (TPSA) is 100 Å². The number of fused-ring (bicyclic) bond motifs is 1. The predicted molar refractivity (Wildman–Crippen MR) is 133 cm³/mol. The molecule has 0 aliphatic carbocycles. The lowest BCUT2D eigenvalue weighted by Crippen LogP contribution is -2.32. The molecule has 2 aromatic heterocycles. The van der Waals surface area contributed by atoms with Crippen molar-refractivity contribution in [2.75, 3.05) is 20.8 Å². The summed E-state index contributed by atoms with van der Waals surface area (Å²) in [5.74, 6) is 1.32. The van der Waals surface area contributed by atoms with E-state index in [0.717, 1.165) is 18.4 Å². The number of nitrogens with zero attached hydrogens (tertiary/aromatic N) is 3. The van der Waals surface area contributed by atoms with Crippen molar-refractivity contribution in [3.63, 3.8) is 0 Å². The van der Waals surface area contributed by atoms with Gasteiger partial charge in [-0.05, 0) is 30.5 Å². The number of hydrogen-bond donors (Lipinski definition) is 1. The lowest BCUT2D eigenvalue weighted by molar-refractivity contribution is 0.0982. The Labute approximate surface area is 205 Å². The zero-order valence-corrected chi connectivity index (χ0v) is 20.2. The Bertz CT molecular complexity index is 1490. The molecule has 3 heterocycles. The molecular weight excluding hydrogens is 472 g/mol. The first-order valence-corrected chi connectivity index (χ1v) is 11.7. The summed E-state index contributed by atoms with van der Waals surface area (Å²) in [5, 5.41) is 0.341. The van der Waals surface area contributed by atoms with Crippen molar-refractivity contribution in [3.8, 4) is 22.9 Å². The van der Waals surface area contributed by atoms with Gasteiger partial charge in [0.15, 0.2) is 22.7 Å². The molecule has 0 saturated carbocycles.